The number of halogens is 1. The number of anilines is 1. The first-order valence-electron chi connectivity index (χ1n) is 7.23. The summed E-state index contributed by atoms with van der Waals surface area (Å²) in [6.07, 6.45) is 1.47. The zero-order chi connectivity index (χ0) is 16.4. The standard InChI is InChI=1S/C16H16ClN3O3/c17-12-4-3-11(10-13(12)18)15(21)19-5-7-20(8-6-19)16(22)14-2-1-9-23-14/h1-4,9-10H,5-8,18H2. The lowest BCUT2D eigenvalue weighted by Crippen LogP contribution is -2.50. The maximum absolute atomic E-state index is 12.5. The minimum absolute atomic E-state index is 0.113. The van der Waals surface area contributed by atoms with Crippen molar-refractivity contribution >= 4 is 29.1 Å². The predicted octanol–water partition coefficient (Wildman–Crippen LogP) is 2.11. The van der Waals surface area contributed by atoms with Gasteiger partial charge in [-0.3, -0.25) is 9.59 Å². The van der Waals surface area contributed by atoms with Crippen LogP contribution in [-0.2, 0) is 0 Å². The first-order valence-corrected chi connectivity index (χ1v) is 7.61. The minimum atomic E-state index is -0.155. The SMILES string of the molecule is Nc1cc(C(=O)N2CCN(C(=O)c3ccco3)CC2)ccc1Cl. The van der Waals surface area contributed by atoms with Gasteiger partial charge in [-0.2, -0.15) is 0 Å². The largest absolute Gasteiger partial charge is 0.459 e. The number of hydrogen-bond acceptors (Lipinski definition) is 4. The monoisotopic (exact) mass is 333 g/mol. The van der Waals surface area contributed by atoms with E-state index in [1.165, 1.54) is 6.26 Å². The maximum atomic E-state index is 12.5. The van der Waals surface area contributed by atoms with Gasteiger partial charge in [0, 0.05) is 31.7 Å². The maximum Gasteiger partial charge on any atom is 0.289 e. The minimum Gasteiger partial charge on any atom is -0.459 e. The van der Waals surface area contributed by atoms with E-state index in [1.54, 1.807) is 40.1 Å². The van der Waals surface area contributed by atoms with Gasteiger partial charge in [0.1, 0.15) is 0 Å². The summed E-state index contributed by atoms with van der Waals surface area (Å²) in [6.45, 7) is 1.87. The van der Waals surface area contributed by atoms with Crippen molar-refractivity contribution in [1.82, 2.24) is 9.80 Å². The zero-order valence-corrected chi connectivity index (χ0v) is 13.1. The molecule has 7 heteroatoms. The first-order chi connectivity index (χ1) is 11.1. The Labute approximate surface area is 138 Å². The third kappa shape index (κ3) is 3.17. The summed E-state index contributed by atoms with van der Waals surface area (Å²) in [7, 11) is 0. The van der Waals surface area contributed by atoms with E-state index in [9.17, 15) is 9.59 Å². The number of carbonyl (C=O) groups excluding carboxylic acids is 2. The van der Waals surface area contributed by atoms with Crippen LogP contribution in [0.1, 0.15) is 20.9 Å². The van der Waals surface area contributed by atoms with Gasteiger partial charge in [0.2, 0.25) is 0 Å². The highest BCUT2D eigenvalue weighted by molar-refractivity contribution is 6.33. The molecule has 2 aromatic rings. The molecule has 0 radical (unpaired) electrons. The van der Waals surface area contributed by atoms with Crippen LogP contribution in [0.4, 0.5) is 5.69 Å². The summed E-state index contributed by atoms with van der Waals surface area (Å²) in [4.78, 5) is 28.0. The molecule has 0 atom stereocenters. The number of amides is 2. The third-order valence-corrected chi connectivity index (χ3v) is 4.17. The topological polar surface area (TPSA) is 79.8 Å². The molecule has 1 aliphatic heterocycles. The molecular formula is C16H16ClN3O3. The summed E-state index contributed by atoms with van der Waals surface area (Å²) in [6, 6.07) is 8.15. The molecule has 0 spiro atoms. The van der Waals surface area contributed by atoms with Gasteiger partial charge >= 0.3 is 0 Å². The molecule has 0 aliphatic carbocycles. The van der Waals surface area contributed by atoms with E-state index in [2.05, 4.69) is 0 Å². The molecule has 2 N–H and O–H groups in total. The second-order valence-electron chi connectivity index (χ2n) is 5.30. The second kappa shape index (κ2) is 6.34. The summed E-state index contributed by atoms with van der Waals surface area (Å²) < 4.78 is 5.12. The fourth-order valence-corrected chi connectivity index (χ4v) is 2.65. The molecular weight excluding hydrogens is 318 g/mol. The van der Waals surface area contributed by atoms with Crippen LogP contribution in [0.2, 0.25) is 5.02 Å². The van der Waals surface area contributed by atoms with Crippen molar-refractivity contribution < 1.29 is 14.0 Å². The Morgan fingerprint density at radius 1 is 1.04 bits per heavy atom. The summed E-state index contributed by atoms with van der Waals surface area (Å²) in [5.41, 5.74) is 6.61. The number of nitrogen functional groups attached to an aromatic ring is 1. The second-order valence-corrected chi connectivity index (χ2v) is 5.71. The number of rotatable bonds is 2. The average Bonchev–Trinajstić information content (AvgIpc) is 3.11. The van der Waals surface area contributed by atoms with Crippen molar-refractivity contribution in [1.29, 1.82) is 0 Å². The molecule has 0 bridgehead atoms. The van der Waals surface area contributed by atoms with Gasteiger partial charge < -0.3 is 20.0 Å². The fraction of sp³-hybridized carbons (Fsp3) is 0.250. The molecule has 1 fully saturated rings. The van der Waals surface area contributed by atoms with Gasteiger partial charge in [-0.25, -0.2) is 0 Å². The van der Waals surface area contributed by atoms with Crippen LogP contribution in [-0.4, -0.2) is 47.8 Å². The Balaban J connectivity index is 1.63. The molecule has 2 amide bonds. The lowest BCUT2D eigenvalue weighted by molar-refractivity contribution is 0.0518. The normalized spacial score (nSPS) is 14.8. The van der Waals surface area contributed by atoms with E-state index in [-0.39, 0.29) is 11.8 Å². The molecule has 6 nitrogen and oxygen atoms in total. The third-order valence-electron chi connectivity index (χ3n) is 3.83. The predicted molar refractivity (Wildman–Crippen MR) is 86.4 cm³/mol. The number of carbonyl (C=O) groups is 2. The van der Waals surface area contributed by atoms with E-state index < -0.39 is 0 Å². The molecule has 120 valence electrons. The highest BCUT2D eigenvalue weighted by Gasteiger charge is 2.26. The van der Waals surface area contributed by atoms with Gasteiger partial charge in [0.15, 0.2) is 5.76 Å². The van der Waals surface area contributed by atoms with Crippen LogP contribution in [0.25, 0.3) is 0 Å². The quantitative estimate of drug-likeness (QED) is 0.854. The van der Waals surface area contributed by atoms with E-state index in [1.807, 2.05) is 0 Å². The smallest absolute Gasteiger partial charge is 0.289 e. The van der Waals surface area contributed by atoms with Crippen LogP contribution in [0.15, 0.2) is 41.0 Å². The number of piperazine rings is 1. The Morgan fingerprint density at radius 3 is 2.26 bits per heavy atom. The molecule has 23 heavy (non-hydrogen) atoms. The van der Waals surface area contributed by atoms with Crippen molar-refractivity contribution in [2.24, 2.45) is 0 Å². The molecule has 1 saturated heterocycles. The van der Waals surface area contributed by atoms with Gasteiger partial charge in [-0.1, -0.05) is 11.6 Å². The summed E-state index contributed by atoms with van der Waals surface area (Å²) in [5.74, 6) is 0.0477. The van der Waals surface area contributed by atoms with Crippen molar-refractivity contribution in [2.45, 2.75) is 0 Å². The Hall–Kier alpha value is -2.47. The molecule has 0 saturated carbocycles. The Morgan fingerprint density at radius 2 is 1.70 bits per heavy atom. The summed E-state index contributed by atoms with van der Waals surface area (Å²) >= 11 is 5.87. The van der Waals surface area contributed by atoms with Gasteiger partial charge in [0.25, 0.3) is 11.8 Å². The summed E-state index contributed by atoms with van der Waals surface area (Å²) in [5, 5.41) is 0.426. The van der Waals surface area contributed by atoms with Crippen LogP contribution in [0, 0.1) is 0 Å². The van der Waals surface area contributed by atoms with Crippen LogP contribution < -0.4 is 5.73 Å². The van der Waals surface area contributed by atoms with Gasteiger partial charge in [0.05, 0.1) is 17.0 Å². The lowest BCUT2D eigenvalue weighted by atomic mass is 10.1. The number of nitrogens with zero attached hydrogens (tertiary/aromatic N) is 2. The van der Waals surface area contributed by atoms with Crippen molar-refractivity contribution in [3.8, 4) is 0 Å². The van der Waals surface area contributed by atoms with Crippen molar-refractivity contribution in [3.05, 3.63) is 52.9 Å². The van der Waals surface area contributed by atoms with Crippen LogP contribution in [0.3, 0.4) is 0 Å². The number of benzene rings is 1. The molecule has 1 aromatic heterocycles. The molecule has 2 heterocycles. The van der Waals surface area contributed by atoms with E-state index in [0.29, 0.717) is 48.2 Å². The highest BCUT2D eigenvalue weighted by Crippen LogP contribution is 2.21. The molecule has 1 aliphatic rings. The van der Waals surface area contributed by atoms with Crippen molar-refractivity contribution in [2.75, 3.05) is 31.9 Å². The van der Waals surface area contributed by atoms with E-state index >= 15 is 0 Å². The highest BCUT2D eigenvalue weighted by atomic mass is 35.5. The van der Waals surface area contributed by atoms with E-state index in [0.717, 1.165) is 0 Å². The molecule has 0 unspecified atom stereocenters. The molecule has 1 aromatic carbocycles. The number of hydrogen-bond donors (Lipinski definition) is 1. The fourth-order valence-electron chi connectivity index (χ4n) is 2.53. The zero-order valence-electron chi connectivity index (χ0n) is 12.4. The average molecular weight is 334 g/mol. The van der Waals surface area contributed by atoms with E-state index in [4.69, 9.17) is 21.8 Å². The molecule has 3 rings (SSSR count). The van der Waals surface area contributed by atoms with Crippen LogP contribution in [0.5, 0.6) is 0 Å². The first kappa shape index (κ1) is 15.4. The van der Waals surface area contributed by atoms with Gasteiger partial charge in [-0.15, -0.1) is 0 Å². The number of furan rings is 1. The number of nitrogens with two attached hydrogens (primary N) is 1. The Kier molecular flexibility index (Phi) is 4.25. The van der Waals surface area contributed by atoms with Gasteiger partial charge in [-0.05, 0) is 30.3 Å². The van der Waals surface area contributed by atoms with Crippen LogP contribution >= 0.6 is 11.6 Å². The lowest BCUT2D eigenvalue weighted by Gasteiger charge is -2.34. The Bertz CT molecular complexity index is 722. The van der Waals surface area contributed by atoms with Crippen molar-refractivity contribution in [3.63, 3.8) is 0 Å².